The molecule has 0 spiro atoms. The molecule has 0 saturated heterocycles. The van der Waals surface area contributed by atoms with Crippen LogP contribution >= 0.6 is 0 Å². The van der Waals surface area contributed by atoms with Gasteiger partial charge in [-0.05, 0) is 31.7 Å². The van der Waals surface area contributed by atoms with E-state index in [-0.39, 0.29) is 0 Å². The second-order valence-corrected chi connectivity index (χ2v) is 4.73. The van der Waals surface area contributed by atoms with E-state index in [0.29, 0.717) is 5.95 Å². The molecule has 3 rings (SSSR count). The third-order valence-electron chi connectivity index (χ3n) is 3.34. The average Bonchev–Trinajstić information content (AvgIpc) is 3.19. The van der Waals surface area contributed by atoms with Gasteiger partial charge < -0.3 is 15.4 Å². The molecular formula is C12H18N4O. The molecule has 5 heteroatoms. The molecule has 1 aromatic heterocycles. The van der Waals surface area contributed by atoms with Crippen LogP contribution in [0, 0.1) is 5.92 Å². The molecule has 0 unspecified atom stereocenters. The lowest BCUT2D eigenvalue weighted by atomic mass is 10.1. The molecule has 1 aliphatic carbocycles. The molecule has 0 atom stereocenters. The third-order valence-corrected chi connectivity index (χ3v) is 3.34. The Kier molecular flexibility index (Phi) is 2.84. The number of methoxy groups -OCH3 is 1. The van der Waals surface area contributed by atoms with E-state index >= 15 is 0 Å². The minimum Gasteiger partial charge on any atom is -0.481 e. The van der Waals surface area contributed by atoms with Crippen molar-refractivity contribution >= 4 is 5.95 Å². The lowest BCUT2D eigenvalue weighted by Gasteiger charge is -2.19. The van der Waals surface area contributed by atoms with Crippen LogP contribution in [0.1, 0.15) is 24.1 Å². The minimum atomic E-state index is 0.705. The van der Waals surface area contributed by atoms with E-state index in [9.17, 15) is 0 Å². The highest BCUT2D eigenvalue weighted by Gasteiger charge is 2.22. The van der Waals surface area contributed by atoms with Crippen molar-refractivity contribution in [2.24, 2.45) is 5.92 Å². The number of aromatic nitrogens is 2. The Morgan fingerprint density at radius 1 is 1.41 bits per heavy atom. The first-order valence-corrected chi connectivity index (χ1v) is 6.25. The first kappa shape index (κ1) is 10.8. The van der Waals surface area contributed by atoms with Gasteiger partial charge in [-0.2, -0.15) is 4.98 Å². The number of ether oxygens (including phenoxy) is 1. The molecule has 0 aromatic carbocycles. The van der Waals surface area contributed by atoms with Crippen molar-refractivity contribution in [1.82, 2.24) is 15.3 Å². The molecular weight excluding hydrogens is 216 g/mol. The predicted molar refractivity (Wildman–Crippen MR) is 65.2 cm³/mol. The molecule has 1 saturated carbocycles. The van der Waals surface area contributed by atoms with E-state index in [2.05, 4.69) is 20.6 Å². The number of nitrogens with one attached hydrogen (secondary N) is 2. The van der Waals surface area contributed by atoms with Crippen molar-refractivity contribution in [3.05, 3.63) is 11.3 Å². The molecule has 5 nitrogen and oxygen atoms in total. The van der Waals surface area contributed by atoms with Gasteiger partial charge in [0.15, 0.2) is 0 Å². The Balaban J connectivity index is 1.82. The summed E-state index contributed by atoms with van der Waals surface area (Å²) in [6.45, 7) is 2.77. The largest absolute Gasteiger partial charge is 0.481 e. The number of rotatable bonds is 4. The first-order valence-electron chi connectivity index (χ1n) is 6.25. The Labute approximate surface area is 101 Å². The Hall–Kier alpha value is -1.36. The summed E-state index contributed by atoms with van der Waals surface area (Å²) in [7, 11) is 1.68. The molecule has 2 aliphatic rings. The van der Waals surface area contributed by atoms with Gasteiger partial charge in [0.05, 0.1) is 12.8 Å². The quantitative estimate of drug-likeness (QED) is 0.812. The van der Waals surface area contributed by atoms with E-state index < -0.39 is 0 Å². The SMILES string of the molecule is COc1nc(NCC2CC2)nc2c1CCNC2. The first-order chi connectivity index (χ1) is 8.36. The fourth-order valence-corrected chi connectivity index (χ4v) is 2.13. The van der Waals surface area contributed by atoms with Crippen LogP contribution in [-0.4, -0.2) is 30.2 Å². The van der Waals surface area contributed by atoms with Gasteiger partial charge in [-0.1, -0.05) is 0 Å². The lowest BCUT2D eigenvalue weighted by Crippen LogP contribution is -2.26. The maximum Gasteiger partial charge on any atom is 0.226 e. The zero-order valence-electron chi connectivity index (χ0n) is 10.1. The Bertz CT molecular complexity index is 400. The highest BCUT2D eigenvalue weighted by molar-refractivity contribution is 5.39. The van der Waals surface area contributed by atoms with Crippen molar-refractivity contribution in [2.75, 3.05) is 25.5 Å². The summed E-state index contributed by atoms with van der Waals surface area (Å²) in [6.07, 6.45) is 3.61. The summed E-state index contributed by atoms with van der Waals surface area (Å²) < 4.78 is 5.36. The van der Waals surface area contributed by atoms with Crippen LogP contribution in [0.2, 0.25) is 0 Å². The molecule has 0 amide bonds. The van der Waals surface area contributed by atoms with Gasteiger partial charge in [0.25, 0.3) is 0 Å². The summed E-state index contributed by atoms with van der Waals surface area (Å²) in [5.74, 6) is 2.25. The van der Waals surface area contributed by atoms with Gasteiger partial charge in [0.2, 0.25) is 11.8 Å². The summed E-state index contributed by atoms with van der Waals surface area (Å²) in [5.41, 5.74) is 2.23. The number of nitrogens with zero attached hydrogens (tertiary/aromatic N) is 2. The van der Waals surface area contributed by atoms with Crippen molar-refractivity contribution in [1.29, 1.82) is 0 Å². The zero-order valence-corrected chi connectivity index (χ0v) is 10.1. The van der Waals surface area contributed by atoms with Crippen LogP contribution in [-0.2, 0) is 13.0 Å². The van der Waals surface area contributed by atoms with Crippen molar-refractivity contribution in [3.8, 4) is 5.88 Å². The number of hydrogen-bond acceptors (Lipinski definition) is 5. The van der Waals surface area contributed by atoms with Gasteiger partial charge in [-0.15, -0.1) is 0 Å². The third kappa shape index (κ3) is 2.34. The zero-order chi connectivity index (χ0) is 11.7. The van der Waals surface area contributed by atoms with Crippen LogP contribution < -0.4 is 15.4 Å². The smallest absolute Gasteiger partial charge is 0.226 e. The maximum absolute atomic E-state index is 5.36. The fraction of sp³-hybridized carbons (Fsp3) is 0.667. The van der Waals surface area contributed by atoms with E-state index in [0.717, 1.165) is 49.1 Å². The van der Waals surface area contributed by atoms with Crippen molar-refractivity contribution in [2.45, 2.75) is 25.8 Å². The van der Waals surface area contributed by atoms with Crippen LogP contribution in [0.3, 0.4) is 0 Å². The predicted octanol–water partition coefficient (Wildman–Crippen LogP) is 0.953. The van der Waals surface area contributed by atoms with E-state index in [1.165, 1.54) is 12.8 Å². The van der Waals surface area contributed by atoms with E-state index in [1.54, 1.807) is 7.11 Å². The highest BCUT2D eigenvalue weighted by Crippen LogP contribution is 2.29. The molecule has 92 valence electrons. The fourth-order valence-electron chi connectivity index (χ4n) is 2.13. The molecule has 2 N–H and O–H groups in total. The molecule has 1 aromatic rings. The number of hydrogen-bond donors (Lipinski definition) is 2. The average molecular weight is 234 g/mol. The summed E-state index contributed by atoms with van der Waals surface area (Å²) >= 11 is 0. The molecule has 0 radical (unpaired) electrons. The van der Waals surface area contributed by atoms with Gasteiger partial charge in [0, 0.05) is 18.7 Å². The second kappa shape index (κ2) is 4.49. The monoisotopic (exact) mass is 234 g/mol. The van der Waals surface area contributed by atoms with Gasteiger partial charge >= 0.3 is 0 Å². The van der Waals surface area contributed by atoms with Crippen LogP contribution in [0.25, 0.3) is 0 Å². The van der Waals surface area contributed by atoms with Crippen LogP contribution in [0.4, 0.5) is 5.95 Å². The van der Waals surface area contributed by atoms with Gasteiger partial charge in [0.1, 0.15) is 0 Å². The van der Waals surface area contributed by atoms with Crippen LogP contribution in [0.5, 0.6) is 5.88 Å². The van der Waals surface area contributed by atoms with E-state index in [4.69, 9.17) is 4.74 Å². The maximum atomic E-state index is 5.36. The van der Waals surface area contributed by atoms with E-state index in [1.807, 2.05) is 0 Å². The van der Waals surface area contributed by atoms with Crippen LogP contribution in [0.15, 0.2) is 0 Å². The standard InChI is InChI=1S/C12H18N4O/c1-17-11-9-4-5-13-7-10(9)15-12(16-11)14-6-8-2-3-8/h8,13H,2-7H2,1H3,(H,14,15,16). The normalized spacial score (nSPS) is 18.6. The van der Waals surface area contributed by atoms with Gasteiger partial charge in [-0.3, -0.25) is 0 Å². The van der Waals surface area contributed by atoms with Crippen molar-refractivity contribution in [3.63, 3.8) is 0 Å². The van der Waals surface area contributed by atoms with Gasteiger partial charge in [-0.25, -0.2) is 4.98 Å². The number of anilines is 1. The molecule has 1 fully saturated rings. The summed E-state index contributed by atoms with van der Waals surface area (Å²) in [6, 6.07) is 0. The second-order valence-electron chi connectivity index (χ2n) is 4.73. The Morgan fingerprint density at radius 3 is 3.06 bits per heavy atom. The Morgan fingerprint density at radius 2 is 2.29 bits per heavy atom. The van der Waals surface area contributed by atoms with Crippen molar-refractivity contribution < 1.29 is 4.74 Å². The minimum absolute atomic E-state index is 0.705. The molecule has 17 heavy (non-hydrogen) atoms. The molecule has 1 aliphatic heterocycles. The summed E-state index contributed by atoms with van der Waals surface area (Å²) in [5, 5.41) is 6.62. The topological polar surface area (TPSA) is 59.1 Å². The number of fused-ring (bicyclic) bond motifs is 1. The summed E-state index contributed by atoms with van der Waals surface area (Å²) in [4.78, 5) is 8.99. The molecule has 0 bridgehead atoms. The molecule has 2 heterocycles. The lowest BCUT2D eigenvalue weighted by molar-refractivity contribution is 0.387. The highest BCUT2D eigenvalue weighted by atomic mass is 16.5.